The number of nitrogens with zero attached hydrogens (tertiary/aromatic N) is 5. The molecule has 1 aliphatic rings. The van der Waals surface area contributed by atoms with Crippen LogP contribution in [-0.4, -0.2) is 43.9 Å². The van der Waals surface area contributed by atoms with Gasteiger partial charge in [-0.25, -0.2) is 4.98 Å². The van der Waals surface area contributed by atoms with Gasteiger partial charge in [0.25, 0.3) is 5.56 Å². The number of hydrogen-bond acceptors (Lipinski definition) is 8. The van der Waals surface area contributed by atoms with Crippen LogP contribution in [0.5, 0.6) is 0 Å². The lowest BCUT2D eigenvalue weighted by Crippen LogP contribution is -2.29. The summed E-state index contributed by atoms with van der Waals surface area (Å²) in [5, 5.41) is 8.55. The lowest BCUT2D eigenvalue weighted by atomic mass is 10.0. The van der Waals surface area contributed by atoms with E-state index < -0.39 is 0 Å². The van der Waals surface area contributed by atoms with Gasteiger partial charge < -0.3 is 14.6 Å². The minimum Gasteiger partial charge on any atom is -0.381 e. The van der Waals surface area contributed by atoms with Crippen LogP contribution in [0.3, 0.4) is 0 Å². The zero-order valence-corrected chi connectivity index (χ0v) is 20.5. The van der Waals surface area contributed by atoms with Crippen molar-refractivity contribution in [1.82, 2.24) is 24.7 Å². The highest BCUT2D eigenvalue weighted by Crippen LogP contribution is 2.31. The monoisotopic (exact) mass is 494 g/mol. The smallest absolute Gasteiger partial charge is 0.260 e. The van der Waals surface area contributed by atoms with Crippen LogP contribution in [0.2, 0.25) is 5.02 Å². The fourth-order valence-electron chi connectivity index (χ4n) is 4.26. The maximum atomic E-state index is 13.7. The van der Waals surface area contributed by atoms with Crippen LogP contribution in [0.1, 0.15) is 38.5 Å². The summed E-state index contributed by atoms with van der Waals surface area (Å²) in [6, 6.07) is 7.48. The first-order valence-electron chi connectivity index (χ1n) is 11.9. The molecule has 4 aromatic rings. The average molecular weight is 495 g/mol. The van der Waals surface area contributed by atoms with Gasteiger partial charge in [0.15, 0.2) is 0 Å². The van der Waals surface area contributed by atoms with Gasteiger partial charge in [-0.3, -0.25) is 9.36 Å². The van der Waals surface area contributed by atoms with Crippen molar-refractivity contribution in [3.05, 3.63) is 51.7 Å². The Morgan fingerprint density at radius 2 is 2.00 bits per heavy atom. The molecule has 1 N–H and O–H groups in total. The topological polar surface area (TPSA) is 108 Å². The molecule has 182 valence electrons. The molecule has 9 nitrogen and oxygen atoms in total. The van der Waals surface area contributed by atoms with E-state index in [1.165, 1.54) is 0 Å². The lowest BCUT2D eigenvalue weighted by Gasteiger charge is -2.23. The van der Waals surface area contributed by atoms with Crippen molar-refractivity contribution in [1.29, 1.82) is 0 Å². The predicted molar refractivity (Wildman–Crippen MR) is 135 cm³/mol. The van der Waals surface area contributed by atoms with Crippen LogP contribution in [0.15, 0.2) is 39.8 Å². The molecule has 3 aromatic heterocycles. The van der Waals surface area contributed by atoms with E-state index in [0.29, 0.717) is 46.0 Å². The molecule has 0 aliphatic carbocycles. The Hall–Kier alpha value is -3.30. The molecule has 1 saturated heterocycles. The van der Waals surface area contributed by atoms with Crippen LogP contribution < -0.4 is 10.9 Å². The molecule has 0 atom stereocenters. The Balaban J connectivity index is 1.56. The Bertz CT molecular complexity index is 1410. The summed E-state index contributed by atoms with van der Waals surface area (Å²) in [7, 11) is 0. The first kappa shape index (κ1) is 23.4. The van der Waals surface area contributed by atoms with E-state index in [1.54, 1.807) is 23.8 Å². The van der Waals surface area contributed by atoms with Gasteiger partial charge in [0, 0.05) is 66.0 Å². The van der Waals surface area contributed by atoms with Gasteiger partial charge in [0.05, 0.1) is 0 Å². The standard InChI is InChI=1S/C25H27ClN6O3/c1-3-4-9-32-23-17(14-27-25(30-23)29-18-7-10-34-11-8-18)12-20(24(32)33)19-6-5-16(13-21(19)26)22-28-15(2)35-31-22/h5-6,12-14,18H,3-4,7-11H2,1-2H3,(H,27,29,30). The number of anilines is 1. The summed E-state index contributed by atoms with van der Waals surface area (Å²) < 4.78 is 12.2. The molecule has 0 unspecified atom stereocenters. The molecule has 1 aromatic carbocycles. The van der Waals surface area contributed by atoms with E-state index in [1.807, 2.05) is 18.2 Å². The van der Waals surface area contributed by atoms with Crippen molar-refractivity contribution in [2.24, 2.45) is 0 Å². The molecule has 1 aliphatic heterocycles. The third-order valence-corrected chi connectivity index (χ3v) is 6.47. The van der Waals surface area contributed by atoms with Crippen molar-refractivity contribution in [2.75, 3.05) is 18.5 Å². The number of benzene rings is 1. The second-order valence-electron chi connectivity index (χ2n) is 8.70. The first-order valence-corrected chi connectivity index (χ1v) is 12.3. The van der Waals surface area contributed by atoms with E-state index in [0.717, 1.165) is 49.8 Å². The van der Waals surface area contributed by atoms with Crippen LogP contribution in [-0.2, 0) is 11.3 Å². The maximum Gasteiger partial charge on any atom is 0.260 e. The number of ether oxygens (including phenoxy) is 1. The fourth-order valence-corrected chi connectivity index (χ4v) is 4.54. The molecule has 35 heavy (non-hydrogen) atoms. The summed E-state index contributed by atoms with van der Waals surface area (Å²) >= 11 is 6.65. The highest BCUT2D eigenvalue weighted by molar-refractivity contribution is 6.33. The Kier molecular flexibility index (Phi) is 6.79. The summed E-state index contributed by atoms with van der Waals surface area (Å²) in [6.07, 6.45) is 5.38. The number of unbranched alkanes of at least 4 members (excludes halogenated alkanes) is 1. The quantitative estimate of drug-likeness (QED) is 0.388. The van der Waals surface area contributed by atoms with Crippen molar-refractivity contribution in [2.45, 2.75) is 52.1 Å². The second-order valence-corrected chi connectivity index (χ2v) is 9.11. The zero-order chi connectivity index (χ0) is 24.4. The summed E-state index contributed by atoms with van der Waals surface area (Å²) in [5.41, 5.74) is 2.34. The van der Waals surface area contributed by atoms with E-state index >= 15 is 0 Å². The number of nitrogens with one attached hydrogen (secondary N) is 1. The van der Waals surface area contributed by atoms with Crippen LogP contribution >= 0.6 is 11.6 Å². The van der Waals surface area contributed by atoms with Crippen molar-refractivity contribution in [3.8, 4) is 22.5 Å². The van der Waals surface area contributed by atoms with E-state index in [4.69, 9.17) is 25.8 Å². The molecule has 10 heteroatoms. The number of pyridine rings is 1. The molecule has 0 amide bonds. The zero-order valence-electron chi connectivity index (χ0n) is 19.8. The molecule has 0 spiro atoms. The number of aromatic nitrogens is 5. The molecular formula is C25H27ClN6O3. The van der Waals surface area contributed by atoms with Crippen molar-refractivity contribution >= 4 is 28.6 Å². The SMILES string of the molecule is CCCCn1c(=O)c(-c2ccc(-c3noc(C)n3)cc2Cl)cc2cnc(NC3CCOCC3)nc21. The summed E-state index contributed by atoms with van der Waals surface area (Å²) in [5.74, 6) is 1.45. The predicted octanol–water partition coefficient (Wildman–Crippen LogP) is 4.86. The first-order chi connectivity index (χ1) is 17.0. The second kappa shape index (κ2) is 10.1. The third kappa shape index (κ3) is 4.92. The minimum absolute atomic E-state index is 0.133. The summed E-state index contributed by atoms with van der Waals surface area (Å²) in [4.78, 5) is 27.2. The Morgan fingerprint density at radius 3 is 2.71 bits per heavy atom. The van der Waals surface area contributed by atoms with Crippen LogP contribution in [0.25, 0.3) is 33.5 Å². The summed E-state index contributed by atoms with van der Waals surface area (Å²) in [6.45, 7) is 5.83. The van der Waals surface area contributed by atoms with Gasteiger partial charge in [-0.15, -0.1) is 0 Å². The van der Waals surface area contributed by atoms with Gasteiger partial charge in [0.2, 0.25) is 17.7 Å². The van der Waals surface area contributed by atoms with Gasteiger partial charge in [-0.05, 0) is 31.4 Å². The van der Waals surface area contributed by atoms with Crippen molar-refractivity contribution in [3.63, 3.8) is 0 Å². The molecular weight excluding hydrogens is 468 g/mol. The van der Waals surface area contributed by atoms with Crippen LogP contribution in [0, 0.1) is 6.92 Å². The molecule has 4 heterocycles. The maximum absolute atomic E-state index is 13.7. The van der Waals surface area contributed by atoms with E-state index in [2.05, 4.69) is 27.4 Å². The van der Waals surface area contributed by atoms with Gasteiger partial charge in [0.1, 0.15) is 5.65 Å². The van der Waals surface area contributed by atoms with E-state index in [9.17, 15) is 4.79 Å². The van der Waals surface area contributed by atoms with Gasteiger partial charge >= 0.3 is 0 Å². The largest absolute Gasteiger partial charge is 0.381 e. The number of hydrogen-bond donors (Lipinski definition) is 1. The Labute approximate surface area is 207 Å². The van der Waals surface area contributed by atoms with Crippen LogP contribution in [0.4, 0.5) is 5.95 Å². The van der Waals surface area contributed by atoms with E-state index in [-0.39, 0.29) is 11.6 Å². The fraction of sp³-hybridized carbons (Fsp3) is 0.400. The molecule has 0 bridgehead atoms. The normalized spacial score (nSPS) is 14.5. The molecule has 1 fully saturated rings. The molecule has 5 rings (SSSR count). The molecule has 0 radical (unpaired) electrons. The number of fused-ring (bicyclic) bond motifs is 1. The highest BCUT2D eigenvalue weighted by Gasteiger charge is 2.18. The number of rotatable bonds is 7. The molecule has 0 saturated carbocycles. The third-order valence-electron chi connectivity index (χ3n) is 6.16. The average Bonchev–Trinajstić information content (AvgIpc) is 3.30. The minimum atomic E-state index is -0.133. The highest BCUT2D eigenvalue weighted by atomic mass is 35.5. The van der Waals surface area contributed by atoms with Gasteiger partial charge in [-0.2, -0.15) is 9.97 Å². The van der Waals surface area contributed by atoms with Crippen molar-refractivity contribution < 1.29 is 9.26 Å². The lowest BCUT2D eigenvalue weighted by molar-refractivity contribution is 0.0903. The number of halogens is 1. The van der Waals surface area contributed by atoms with Gasteiger partial charge in [-0.1, -0.05) is 42.2 Å². The number of aryl methyl sites for hydroxylation is 2. The Morgan fingerprint density at radius 1 is 1.17 bits per heavy atom.